The minimum atomic E-state index is -4.46. The lowest BCUT2D eigenvalue weighted by molar-refractivity contribution is -0.137. The van der Waals surface area contributed by atoms with Crippen molar-refractivity contribution in [2.75, 3.05) is 11.9 Å². The Balaban J connectivity index is 1.73. The van der Waals surface area contributed by atoms with Crippen LogP contribution in [0.5, 0.6) is 0 Å². The summed E-state index contributed by atoms with van der Waals surface area (Å²) in [6, 6.07) is 18.6. The molecule has 6 nitrogen and oxygen atoms in total. The summed E-state index contributed by atoms with van der Waals surface area (Å²) in [6.07, 6.45) is -2.82. The van der Waals surface area contributed by atoms with Gasteiger partial charge in [-0.2, -0.15) is 13.2 Å². The first-order valence-corrected chi connectivity index (χ1v) is 10.8. The van der Waals surface area contributed by atoms with Crippen LogP contribution in [0.4, 0.5) is 19.0 Å². The largest absolute Gasteiger partial charge is 0.416 e. The maximum atomic E-state index is 13.3. The number of hydrogen-bond acceptors (Lipinski definition) is 5. The number of aromatic nitrogens is 4. The molecule has 1 N–H and O–H groups in total. The Hall–Kier alpha value is -3.72. The van der Waals surface area contributed by atoms with Crippen LogP contribution in [-0.4, -0.2) is 26.6 Å². The Bertz CT molecular complexity index is 1240. The van der Waals surface area contributed by atoms with E-state index in [0.29, 0.717) is 34.9 Å². The number of ether oxygens (including phenoxy) is 1. The number of anilines is 1. The van der Waals surface area contributed by atoms with Gasteiger partial charge in [-0.05, 0) is 43.7 Å². The third kappa shape index (κ3) is 5.26. The molecule has 34 heavy (non-hydrogen) atoms. The van der Waals surface area contributed by atoms with Crippen LogP contribution in [0.2, 0.25) is 0 Å². The zero-order valence-corrected chi connectivity index (χ0v) is 18.8. The van der Waals surface area contributed by atoms with E-state index < -0.39 is 11.7 Å². The standard InChI is InChI=1S/C25H24F3N5O/c1-3-34-16-33-24(23(31-32-33)19-10-7-11-21(14-19)25(26,27)28)20-12-13-29-22(15-20)30-17(2)18-8-5-4-6-9-18/h4-15,17H,3,16H2,1-2H3,(H,29,30)/t17-/m0/s1. The van der Waals surface area contributed by atoms with E-state index in [1.54, 1.807) is 23.0 Å². The number of nitrogens with one attached hydrogen (secondary N) is 1. The number of halogens is 3. The van der Waals surface area contributed by atoms with Gasteiger partial charge in [0.2, 0.25) is 0 Å². The molecule has 0 radical (unpaired) electrons. The summed E-state index contributed by atoms with van der Waals surface area (Å²) >= 11 is 0. The highest BCUT2D eigenvalue weighted by Crippen LogP contribution is 2.35. The van der Waals surface area contributed by atoms with Gasteiger partial charge < -0.3 is 10.1 Å². The van der Waals surface area contributed by atoms with Crippen molar-refractivity contribution >= 4 is 5.82 Å². The molecule has 2 aromatic carbocycles. The lowest BCUT2D eigenvalue weighted by Crippen LogP contribution is -2.09. The highest BCUT2D eigenvalue weighted by Gasteiger charge is 2.31. The number of benzene rings is 2. The third-order valence-electron chi connectivity index (χ3n) is 5.31. The van der Waals surface area contributed by atoms with Crippen LogP contribution in [0, 0.1) is 0 Å². The van der Waals surface area contributed by atoms with Crippen molar-refractivity contribution in [2.45, 2.75) is 32.8 Å². The predicted molar refractivity (Wildman–Crippen MR) is 124 cm³/mol. The first-order valence-electron chi connectivity index (χ1n) is 10.8. The third-order valence-corrected chi connectivity index (χ3v) is 5.31. The fourth-order valence-electron chi connectivity index (χ4n) is 3.61. The zero-order valence-electron chi connectivity index (χ0n) is 18.8. The van der Waals surface area contributed by atoms with Gasteiger partial charge in [0.1, 0.15) is 18.2 Å². The fourth-order valence-corrected chi connectivity index (χ4v) is 3.61. The smallest absolute Gasteiger partial charge is 0.364 e. The van der Waals surface area contributed by atoms with Crippen molar-refractivity contribution in [2.24, 2.45) is 0 Å². The van der Waals surface area contributed by atoms with E-state index in [4.69, 9.17) is 4.74 Å². The van der Waals surface area contributed by atoms with Crippen molar-refractivity contribution in [1.82, 2.24) is 20.0 Å². The Morgan fingerprint density at radius 2 is 1.79 bits per heavy atom. The number of rotatable bonds is 8. The molecule has 0 bridgehead atoms. The van der Waals surface area contributed by atoms with Gasteiger partial charge in [0.25, 0.3) is 0 Å². The molecule has 2 aromatic heterocycles. The van der Waals surface area contributed by atoms with Crippen LogP contribution in [0.3, 0.4) is 0 Å². The molecule has 0 aliphatic heterocycles. The Kier molecular flexibility index (Phi) is 6.93. The van der Waals surface area contributed by atoms with Crippen molar-refractivity contribution < 1.29 is 17.9 Å². The quantitative estimate of drug-likeness (QED) is 0.335. The average Bonchev–Trinajstić information content (AvgIpc) is 3.27. The molecule has 176 valence electrons. The van der Waals surface area contributed by atoms with Crippen molar-refractivity contribution in [1.29, 1.82) is 0 Å². The summed E-state index contributed by atoms with van der Waals surface area (Å²) < 4.78 is 47.0. The monoisotopic (exact) mass is 467 g/mol. The van der Waals surface area contributed by atoms with Crippen molar-refractivity contribution in [3.63, 3.8) is 0 Å². The van der Waals surface area contributed by atoms with Crippen LogP contribution >= 0.6 is 0 Å². The Labute approximate surface area is 195 Å². The molecular weight excluding hydrogens is 443 g/mol. The van der Waals surface area contributed by atoms with Gasteiger partial charge in [-0.3, -0.25) is 0 Å². The molecule has 0 aliphatic carbocycles. The topological polar surface area (TPSA) is 64.9 Å². The summed E-state index contributed by atoms with van der Waals surface area (Å²) in [7, 11) is 0. The molecule has 0 amide bonds. The van der Waals surface area contributed by atoms with Gasteiger partial charge in [0.05, 0.1) is 11.3 Å². The second kappa shape index (κ2) is 10.0. The van der Waals surface area contributed by atoms with Crippen LogP contribution in [0.25, 0.3) is 22.5 Å². The first-order chi connectivity index (χ1) is 16.4. The number of alkyl halides is 3. The highest BCUT2D eigenvalue weighted by molar-refractivity contribution is 5.79. The van der Waals surface area contributed by atoms with Gasteiger partial charge in [-0.1, -0.05) is 47.7 Å². The lowest BCUT2D eigenvalue weighted by Gasteiger charge is -2.16. The van der Waals surface area contributed by atoms with E-state index in [2.05, 4.69) is 20.6 Å². The molecular formula is C25H24F3N5O. The van der Waals surface area contributed by atoms with Gasteiger partial charge >= 0.3 is 6.18 Å². The second-order valence-electron chi connectivity index (χ2n) is 7.69. The zero-order chi connectivity index (χ0) is 24.1. The number of hydrogen-bond donors (Lipinski definition) is 1. The molecule has 9 heteroatoms. The minimum absolute atomic E-state index is 0.00153. The number of pyridine rings is 1. The van der Waals surface area contributed by atoms with Crippen LogP contribution in [0.15, 0.2) is 72.9 Å². The van der Waals surface area contributed by atoms with E-state index in [-0.39, 0.29) is 12.8 Å². The van der Waals surface area contributed by atoms with Crippen LogP contribution < -0.4 is 5.32 Å². The summed E-state index contributed by atoms with van der Waals surface area (Å²) in [5.74, 6) is 0.619. The minimum Gasteiger partial charge on any atom is -0.364 e. The van der Waals surface area contributed by atoms with E-state index in [1.807, 2.05) is 50.2 Å². The van der Waals surface area contributed by atoms with Gasteiger partial charge in [0, 0.05) is 30.0 Å². The van der Waals surface area contributed by atoms with Crippen molar-refractivity contribution in [3.05, 3.63) is 84.1 Å². The molecule has 0 aliphatic rings. The van der Waals surface area contributed by atoms with Crippen LogP contribution in [0.1, 0.15) is 31.0 Å². The molecule has 0 saturated heterocycles. The normalized spacial score (nSPS) is 12.5. The lowest BCUT2D eigenvalue weighted by atomic mass is 10.0. The molecule has 0 fully saturated rings. The van der Waals surface area contributed by atoms with E-state index in [1.165, 1.54) is 6.07 Å². The first kappa shape index (κ1) is 23.4. The fraction of sp³-hybridized carbons (Fsp3) is 0.240. The Morgan fingerprint density at radius 3 is 2.53 bits per heavy atom. The Morgan fingerprint density at radius 1 is 1.00 bits per heavy atom. The summed E-state index contributed by atoms with van der Waals surface area (Å²) in [4.78, 5) is 4.41. The summed E-state index contributed by atoms with van der Waals surface area (Å²) in [5, 5.41) is 11.7. The van der Waals surface area contributed by atoms with Crippen LogP contribution in [-0.2, 0) is 17.6 Å². The molecule has 4 rings (SSSR count). The van der Waals surface area contributed by atoms with E-state index in [9.17, 15) is 13.2 Å². The molecule has 2 heterocycles. The van der Waals surface area contributed by atoms with E-state index in [0.717, 1.165) is 17.7 Å². The number of nitrogens with zero attached hydrogens (tertiary/aromatic N) is 4. The molecule has 0 saturated carbocycles. The maximum absolute atomic E-state index is 13.3. The molecule has 1 atom stereocenters. The molecule has 0 spiro atoms. The maximum Gasteiger partial charge on any atom is 0.416 e. The van der Waals surface area contributed by atoms with Gasteiger partial charge in [-0.15, -0.1) is 5.10 Å². The summed E-state index contributed by atoms with van der Waals surface area (Å²) in [5.41, 5.74) is 2.25. The van der Waals surface area contributed by atoms with Gasteiger partial charge in [-0.25, -0.2) is 9.67 Å². The predicted octanol–water partition coefficient (Wildman–Crippen LogP) is 6.19. The van der Waals surface area contributed by atoms with Crippen molar-refractivity contribution in [3.8, 4) is 22.5 Å². The summed E-state index contributed by atoms with van der Waals surface area (Å²) in [6.45, 7) is 4.45. The average molecular weight is 467 g/mol. The molecule has 4 aromatic rings. The second-order valence-corrected chi connectivity index (χ2v) is 7.69. The molecule has 0 unspecified atom stereocenters. The SMILES string of the molecule is CCOCn1nnc(-c2cccc(C(F)(F)F)c2)c1-c1ccnc(N[C@@H](C)c2ccccc2)c1. The highest BCUT2D eigenvalue weighted by atomic mass is 19.4. The van der Waals surface area contributed by atoms with E-state index >= 15 is 0 Å². The van der Waals surface area contributed by atoms with Gasteiger partial charge in [0.15, 0.2) is 0 Å².